The highest BCUT2D eigenvalue weighted by Gasteiger charge is 2.28. The third-order valence-corrected chi connectivity index (χ3v) is 4.30. The molecule has 0 fully saturated rings. The van der Waals surface area contributed by atoms with E-state index in [9.17, 15) is 0 Å². The van der Waals surface area contributed by atoms with Crippen LogP contribution in [0, 0.1) is 18.3 Å². The smallest absolute Gasteiger partial charge is 0.219 e. The molecule has 1 aliphatic rings. The average molecular weight is 335 g/mol. The zero-order valence-electron chi connectivity index (χ0n) is 14.9. The molecule has 1 N–H and O–H groups in total. The Hall–Kier alpha value is -3.00. The van der Waals surface area contributed by atoms with Crippen LogP contribution in [0.4, 0.5) is 5.69 Å². The van der Waals surface area contributed by atoms with Gasteiger partial charge in [0.15, 0.2) is 0 Å². The van der Waals surface area contributed by atoms with Crippen molar-refractivity contribution in [3.63, 3.8) is 0 Å². The number of benzene rings is 1. The molecule has 5 nitrogen and oxygen atoms in total. The number of methoxy groups -OCH3 is 1. The van der Waals surface area contributed by atoms with E-state index in [2.05, 4.69) is 22.4 Å². The van der Waals surface area contributed by atoms with Crippen molar-refractivity contribution >= 4 is 5.69 Å². The van der Waals surface area contributed by atoms with E-state index in [1.165, 1.54) is 0 Å². The Balaban J connectivity index is 2.23. The number of ether oxygens (including phenoxy) is 2. The van der Waals surface area contributed by atoms with Gasteiger partial charge in [-0.3, -0.25) is 0 Å². The molecule has 0 spiro atoms. The summed E-state index contributed by atoms with van der Waals surface area (Å²) in [5.41, 5.74) is 5.69. The van der Waals surface area contributed by atoms with Gasteiger partial charge in [-0.1, -0.05) is 12.1 Å². The zero-order valence-corrected chi connectivity index (χ0v) is 14.9. The van der Waals surface area contributed by atoms with Crippen LogP contribution in [-0.2, 0) is 0 Å². The molecule has 25 heavy (non-hydrogen) atoms. The van der Waals surface area contributed by atoms with E-state index in [1.54, 1.807) is 13.2 Å². The fourth-order valence-corrected chi connectivity index (χ4v) is 3.17. The SMILES string of the molecule is CCOc1ncc(C)c2c1[C@@H](c1ccc(C#N)cc1OC)C=C(C)N2. The number of allylic oxidation sites excluding steroid dienone is 2. The van der Waals surface area contributed by atoms with Gasteiger partial charge in [0.1, 0.15) is 5.75 Å². The lowest BCUT2D eigenvalue weighted by Crippen LogP contribution is -2.16. The molecule has 2 aromatic rings. The summed E-state index contributed by atoms with van der Waals surface area (Å²) in [6, 6.07) is 7.68. The van der Waals surface area contributed by atoms with Gasteiger partial charge in [-0.2, -0.15) is 5.26 Å². The number of nitrogens with zero attached hydrogens (tertiary/aromatic N) is 2. The standard InChI is InChI=1S/C20H21N3O2/c1-5-25-20-18-16(8-13(3)23-19(18)12(2)11-22-20)15-7-6-14(10-21)9-17(15)24-4/h6-9,11,16,23H,5H2,1-4H3/t16-/m1/s1. The Labute approximate surface area is 147 Å². The van der Waals surface area contributed by atoms with Gasteiger partial charge >= 0.3 is 0 Å². The zero-order chi connectivity index (χ0) is 18.0. The lowest BCUT2D eigenvalue weighted by molar-refractivity contribution is 0.322. The van der Waals surface area contributed by atoms with Gasteiger partial charge in [0, 0.05) is 28.9 Å². The lowest BCUT2D eigenvalue weighted by atomic mass is 9.85. The Morgan fingerprint density at radius 3 is 2.80 bits per heavy atom. The van der Waals surface area contributed by atoms with E-state index in [-0.39, 0.29) is 5.92 Å². The maximum atomic E-state index is 9.15. The molecule has 128 valence electrons. The molecule has 0 aliphatic carbocycles. The van der Waals surface area contributed by atoms with Crippen LogP contribution in [0.5, 0.6) is 11.6 Å². The van der Waals surface area contributed by atoms with Gasteiger partial charge in [-0.15, -0.1) is 0 Å². The Morgan fingerprint density at radius 1 is 1.32 bits per heavy atom. The minimum absolute atomic E-state index is 0.0621. The Bertz CT molecular complexity index is 881. The second-order valence-corrected chi connectivity index (χ2v) is 5.99. The lowest BCUT2D eigenvalue weighted by Gasteiger charge is -2.28. The molecule has 0 saturated carbocycles. The van der Waals surface area contributed by atoms with Crippen molar-refractivity contribution in [2.75, 3.05) is 19.0 Å². The molecular formula is C20H21N3O2. The number of hydrogen-bond donors (Lipinski definition) is 1. The first-order valence-corrected chi connectivity index (χ1v) is 8.24. The average Bonchev–Trinajstić information content (AvgIpc) is 2.63. The fraction of sp³-hybridized carbons (Fsp3) is 0.300. The number of aromatic nitrogens is 1. The van der Waals surface area contributed by atoms with Crippen molar-refractivity contribution in [1.29, 1.82) is 5.26 Å². The van der Waals surface area contributed by atoms with Crippen LogP contribution in [-0.4, -0.2) is 18.7 Å². The number of nitrogens with one attached hydrogen (secondary N) is 1. The van der Waals surface area contributed by atoms with Gasteiger partial charge in [0.05, 0.1) is 31.0 Å². The maximum Gasteiger partial charge on any atom is 0.219 e. The van der Waals surface area contributed by atoms with Crippen molar-refractivity contribution in [1.82, 2.24) is 4.98 Å². The molecule has 5 heteroatoms. The number of fused-ring (bicyclic) bond motifs is 1. The monoisotopic (exact) mass is 335 g/mol. The molecule has 1 aliphatic heterocycles. The number of aryl methyl sites for hydroxylation is 1. The van der Waals surface area contributed by atoms with E-state index in [0.717, 1.165) is 28.1 Å². The predicted octanol–water partition coefficient (Wildman–Crippen LogP) is 4.13. The third kappa shape index (κ3) is 3.03. The van der Waals surface area contributed by atoms with Crippen molar-refractivity contribution in [3.05, 3.63) is 58.4 Å². The molecular weight excluding hydrogens is 314 g/mol. The molecule has 3 rings (SSSR count). The van der Waals surface area contributed by atoms with Crippen LogP contribution in [0.15, 0.2) is 36.2 Å². The first-order valence-electron chi connectivity index (χ1n) is 8.24. The molecule has 0 unspecified atom stereocenters. The fourth-order valence-electron chi connectivity index (χ4n) is 3.17. The molecule has 1 aromatic heterocycles. The van der Waals surface area contributed by atoms with Crippen molar-refractivity contribution in [2.24, 2.45) is 0 Å². The van der Waals surface area contributed by atoms with E-state index in [0.29, 0.717) is 23.8 Å². The third-order valence-electron chi connectivity index (χ3n) is 4.30. The molecule has 2 heterocycles. The first-order chi connectivity index (χ1) is 12.1. The molecule has 0 bridgehead atoms. The van der Waals surface area contributed by atoms with Crippen LogP contribution in [0.1, 0.15) is 42.0 Å². The van der Waals surface area contributed by atoms with Gasteiger partial charge < -0.3 is 14.8 Å². The summed E-state index contributed by atoms with van der Waals surface area (Å²) in [7, 11) is 1.62. The van der Waals surface area contributed by atoms with Crippen LogP contribution in [0.25, 0.3) is 0 Å². The highest BCUT2D eigenvalue weighted by Crippen LogP contribution is 2.45. The second-order valence-electron chi connectivity index (χ2n) is 5.99. The van der Waals surface area contributed by atoms with Gasteiger partial charge in [0.25, 0.3) is 0 Å². The Morgan fingerprint density at radius 2 is 2.12 bits per heavy atom. The van der Waals surface area contributed by atoms with E-state index in [4.69, 9.17) is 14.7 Å². The van der Waals surface area contributed by atoms with Gasteiger partial charge in [0.2, 0.25) is 5.88 Å². The highest BCUT2D eigenvalue weighted by molar-refractivity contribution is 5.70. The number of anilines is 1. The predicted molar refractivity (Wildman–Crippen MR) is 97.1 cm³/mol. The summed E-state index contributed by atoms with van der Waals surface area (Å²) in [6.45, 7) is 6.55. The molecule has 1 atom stereocenters. The minimum atomic E-state index is -0.0621. The number of pyridine rings is 1. The maximum absolute atomic E-state index is 9.15. The van der Waals surface area contributed by atoms with Crippen molar-refractivity contribution in [2.45, 2.75) is 26.7 Å². The number of rotatable bonds is 4. The van der Waals surface area contributed by atoms with Gasteiger partial charge in [-0.05, 0) is 38.5 Å². The second kappa shape index (κ2) is 6.86. The summed E-state index contributed by atoms with van der Waals surface area (Å²) < 4.78 is 11.4. The van der Waals surface area contributed by atoms with E-state index < -0.39 is 0 Å². The van der Waals surface area contributed by atoms with Crippen molar-refractivity contribution < 1.29 is 9.47 Å². The normalized spacial score (nSPS) is 15.5. The molecule has 0 saturated heterocycles. The molecule has 0 amide bonds. The van der Waals surface area contributed by atoms with Crippen molar-refractivity contribution in [3.8, 4) is 17.7 Å². The number of nitriles is 1. The number of hydrogen-bond acceptors (Lipinski definition) is 5. The minimum Gasteiger partial charge on any atom is -0.496 e. The summed E-state index contributed by atoms with van der Waals surface area (Å²) in [5.74, 6) is 1.24. The summed E-state index contributed by atoms with van der Waals surface area (Å²) in [5, 5.41) is 12.6. The summed E-state index contributed by atoms with van der Waals surface area (Å²) in [6.07, 6.45) is 3.96. The topological polar surface area (TPSA) is 67.2 Å². The molecule has 1 aromatic carbocycles. The van der Waals surface area contributed by atoms with Gasteiger partial charge in [-0.25, -0.2) is 4.98 Å². The molecule has 0 radical (unpaired) electrons. The summed E-state index contributed by atoms with van der Waals surface area (Å²) >= 11 is 0. The highest BCUT2D eigenvalue weighted by atomic mass is 16.5. The summed E-state index contributed by atoms with van der Waals surface area (Å²) in [4.78, 5) is 4.49. The first kappa shape index (κ1) is 16.8. The largest absolute Gasteiger partial charge is 0.496 e. The van der Waals surface area contributed by atoms with Crippen LogP contribution in [0.2, 0.25) is 0 Å². The van der Waals surface area contributed by atoms with Crippen LogP contribution >= 0.6 is 0 Å². The Kier molecular flexibility index (Phi) is 4.62. The van der Waals surface area contributed by atoms with E-state index in [1.807, 2.05) is 39.1 Å². The van der Waals surface area contributed by atoms with Crippen LogP contribution < -0.4 is 14.8 Å². The quantitative estimate of drug-likeness (QED) is 0.910. The van der Waals surface area contributed by atoms with E-state index >= 15 is 0 Å². The van der Waals surface area contributed by atoms with Crippen LogP contribution in [0.3, 0.4) is 0 Å².